The molecule has 21 heavy (non-hydrogen) atoms. The van der Waals surface area contributed by atoms with E-state index in [0.29, 0.717) is 12.1 Å². The third kappa shape index (κ3) is 5.13. The number of nitriles is 1. The van der Waals surface area contributed by atoms with Gasteiger partial charge in [-0.15, -0.1) is 0 Å². The quantitative estimate of drug-likeness (QED) is 0.795. The van der Waals surface area contributed by atoms with Crippen LogP contribution in [0.3, 0.4) is 0 Å². The van der Waals surface area contributed by atoms with Gasteiger partial charge in [-0.1, -0.05) is 12.1 Å². The summed E-state index contributed by atoms with van der Waals surface area (Å²) in [4.78, 5) is 2.38. The fraction of sp³-hybridized carbons (Fsp3) is 0.588. The number of likely N-dealkylation sites (tertiary alicyclic amines) is 1. The van der Waals surface area contributed by atoms with Crippen molar-refractivity contribution in [3.05, 3.63) is 35.4 Å². The Morgan fingerprint density at radius 3 is 2.71 bits per heavy atom. The fourth-order valence-corrected chi connectivity index (χ4v) is 2.91. The van der Waals surface area contributed by atoms with Crippen molar-refractivity contribution in [3.63, 3.8) is 0 Å². The molecule has 114 valence electrons. The van der Waals surface area contributed by atoms with Gasteiger partial charge in [0.2, 0.25) is 0 Å². The maximum absolute atomic E-state index is 8.82. The monoisotopic (exact) mass is 286 g/mol. The van der Waals surface area contributed by atoms with Crippen molar-refractivity contribution in [2.45, 2.75) is 31.3 Å². The zero-order valence-electron chi connectivity index (χ0n) is 13.1. The molecule has 0 amide bonds. The lowest BCUT2D eigenvalue weighted by molar-refractivity contribution is 0.392. The van der Waals surface area contributed by atoms with Crippen LogP contribution in [0.5, 0.6) is 0 Å². The molecule has 4 heteroatoms. The molecule has 4 nitrogen and oxygen atoms in total. The van der Waals surface area contributed by atoms with Crippen LogP contribution in [-0.4, -0.2) is 50.7 Å². The molecule has 0 spiro atoms. The Morgan fingerprint density at radius 1 is 1.38 bits per heavy atom. The molecule has 2 N–H and O–H groups in total. The number of hydrogen-bond donors (Lipinski definition) is 2. The summed E-state index contributed by atoms with van der Waals surface area (Å²) in [5, 5.41) is 15.9. The minimum absolute atomic E-state index is 0.476. The first-order chi connectivity index (χ1) is 10.2. The third-order valence-corrected chi connectivity index (χ3v) is 4.29. The van der Waals surface area contributed by atoms with Crippen molar-refractivity contribution in [2.24, 2.45) is 0 Å². The molecule has 1 aliphatic heterocycles. The van der Waals surface area contributed by atoms with E-state index in [0.717, 1.165) is 24.9 Å². The summed E-state index contributed by atoms with van der Waals surface area (Å²) in [5.41, 5.74) is 2.01. The fourth-order valence-electron chi connectivity index (χ4n) is 2.91. The van der Waals surface area contributed by atoms with Crippen LogP contribution in [0.4, 0.5) is 0 Å². The summed E-state index contributed by atoms with van der Waals surface area (Å²) in [5.74, 6) is 0. The van der Waals surface area contributed by atoms with Crippen LogP contribution in [0.15, 0.2) is 24.3 Å². The Labute approximate surface area is 128 Å². The van der Waals surface area contributed by atoms with Gasteiger partial charge in [-0.05, 0) is 64.1 Å². The Morgan fingerprint density at radius 2 is 2.14 bits per heavy atom. The van der Waals surface area contributed by atoms with Gasteiger partial charge >= 0.3 is 0 Å². The van der Waals surface area contributed by atoms with Gasteiger partial charge in [0.05, 0.1) is 11.6 Å². The first-order valence-corrected chi connectivity index (χ1v) is 7.79. The maximum atomic E-state index is 8.82. The van der Waals surface area contributed by atoms with Crippen LogP contribution in [0.1, 0.15) is 24.0 Å². The molecule has 2 atom stereocenters. The Hall–Kier alpha value is -1.41. The molecule has 1 heterocycles. The van der Waals surface area contributed by atoms with Crippen LogP contribution >= 0.6 is 0 Å². The molecule has 0 radical (unpaired) electrons. The predicted octanol–water partition coefficient (Wildman–Crippen LogP) is 1.37. The van der Waals surface area contributed by atoms with E-state index in [1.54, 1.807) is 0 Å². The van der Waals surface area contributed by atoms with Gasteiger partial charge in [-0.2, -0.15) is 5.26 Å². The minimum Gasteiger partial charge on any atom is -0.317 e. The van der Waals surface area contributed by atoms with E-state index in [9.17, 15) is 0 Å². The topological polar surface area (TPSA) is 51.1 Å². The van der Waals surface area contributed by atoms with E-state index < -0.39 is 0 Å². The predicted molar refractivity (Wildman–Crippen MR) is 86.2 cm³/mol. The summed E-state index contributed by atoms with van der Waals surface area (Å²) >= 11 is 0. The van der Waals surface area contributed by atoms with Crippen LogP contribution in [0, 0.1) is 11.3 Å². The smallest absolute Gasteiger partial charge is 0.0991 e. The Kier molecular flexibility index (Phi) is 6.19. The molecular formula is C17H26N4. The molecule has 1 saturated heterocycles. The van der Waals surface area contributed by atoms with E-state index in [2.05, 4.69) is 40.8 Å². The average molecular weight is 286 g/mol. The highest BCUT2D eigenvalue weighted by Crippen LogP contribution is 2.09. The van der Waals surface area contributed by atoms with Crippen molar-refractivity contribution < 1.29 is 0 Å². The normalized spacial score (nSPS) is 20.3. The van der Waals surface area contributed by atoms with Crippen molar-refractivity contribution in [1.29, 1.82) is 5.26 Å². The maximum Gasteiger partial charge on any atom is 0.0991 e. The number of nitrogens with zero attached hydrogens (tertiary/aromatic N) is 2. The van der Waals surface area contributed by atoms with Crippen LogP contribution < -0.4 is 10.6 Å². The van der Waals surface area contributed by atoms with Crippen molar-refractivity contribution >= 4 is 0 Å². The largest absolute Gasteiger partial charge is 0.317 e. The first kappa shape index (κ1) is 16.0. The second kappa shape index (κ2) is 8.14. The second-order valence-corrected chi connectivity index (χ2v) is 5.99. The molecular weight excluding hydrogens is 260 g/mol. The molecule has 2 rings (SSSR count). The lowest BCUT2D eigenvalue weighted by Crippen LogP contribution is -2.36. The first-order valence-electron chi connectivity index (χ1n) is 7.79. The summed E-state index contributed by atoms with van der Waals surface area (Å²) < 4.78 is 0. The molecule has 0 saturated carbocycles. The number of benzene rings is 1. The SMILES string of the molecule is CN[C@@H](CCNC1CCN(C)C1)Cc1ccc(C#N)cc1. The van der Waals surface area contributed by atoms with E-state index in [-0.39, 0.29) is 0 Å². The Balaban J connectivity index is 1.73. The summed E-state index contributed by atoms with van der Waals surface area (Å²) in [7, 11) is 4.21. The lowest BCUT2D eigenvalue weighted by atomic mass is 10.0. The summed E-state index contributed by atoms with van der Waals surface area (Å²) in [6.45, 7) is 3.43. The summed E-state index contributed by atoms with van der Waals surface area (Å²) in [6, 6.07) is 11.2. The van der Waals surface area contributed by atoms with E-state index in [1.165, 1.54) is 25.1 Å². The van der Waals surface area contributed by atoms with Gasteiger partial charge in [0.25, 0.3) is 0 Å². The van der Waals surface area contributed by atoms with Crippen LogP contribution in [0.25, 0.3) is 0 Å². The highest BCUT2D eigenvalue weighted by Gasteiger charge is 2.18. The molecule has 0 aliphatic carbocycles. The van der Waals surface area contributed by atoms with Crippen molar-refractivity contribution in [3.8, 4) is 6.07 Å². The third-order valence-electron chi connectivity index (χ3n) is 4.29. The molecule has 1 fully saturated rings. The molecule has 1 aliphatic rings. The number of likely N-dealkylation sites (N-methyl/N-ethyl adjacent to an activating group) is 2. The van der Waals surface area contributed by atoms with Crippen LogP contribution in [0.2, 0.25) is 0 Å². The molecule has 0 aromatic heterocycles. The highest BCUT2D eigenvalue weighted by atomic mass is 15.2. The number of rotatable bonds is 7. The molecule has 1 unspecified atom stereocenters. The molecule has 1 aromatic carbocycles. The lowest BCUT2D eigenvalue weighted by Gasteiger charge is -2.19. The number of nitrogens with one attached hydrogen (secondary N) is 2. The van der Waals surface area contributed by atoms with E-state index in [1.807, 2.05) is 19.2 Å². The zero-order chi connectivity index (χ0) is 15.1. The standard InChI is InChI=1S/C17H26N4/c1-19-16(7-9-20-17-8-10-21(2)13-17)11-14-3-5-15(12-18)6-4-14/h3-6,16-17,19-20H,7-11,13H2,1-2H3/t16-,17?/m0/s1. The zero-order valence-corrected chi connectivity index (χ0v) is 13.1. The van der Waals surface area contributed by atoms with Gasteiger partial charge in [0, 0.05) is 18.6 Å². The van der Waals surface area contributed by atoms with Crippen molar-refractivity contribution in [2.75, 3.05) is 33.7 Å². The summed E-state index contributed by atoms with van der Waals surface area (Å²) in [6.07, 6.45) is 3.39. The molecule has 0 bridgehead atoms. The minimum atomic E-state index is 0.476. The van der Waals surface area contributed by atoms with Gasteiger partial charge < -0.3 is 15.5 Å². The van der Waals surface area contributed by atoms with E-state index in [4.69, 9.17) is 5.26 Å². The number of hydrogen-bond acceptors (Lipinski definition) is 4. The van der Waals surface area contributed by atoms with Gasteiger partial charge in [-0.25, -0.2) is 0 Å². The van der Waals surface area contributed by atoms with Gasteiger partial charge in [0.1, 0.15) is 0 Å². The van der Waals surface area contributed by atoms with Gasteiger partial charge in [-0.3, -0.25) is 0 Å². The molecule has 1 aromatic rings. The van der Waals surface area contributed by atoms with Crippen LogP contribution in [-0.2, 0) is 6.42 Å². The highest BCUT2D eigenvalue weighted by molar-refractivity contribution is 5.31. The van der Waals surface area contributed by atoms with Gasteiger partial charge in [0.15, 0.2) is 0 Å². The average Bonchev–Trinajstić information content (AvgIpc) is 2.92. The Bertz CT molecular complexity index is 463. The van der Waals surface area contributed by atoms with E-state index >= 15 is 0 Å². The second-order valence-electron chi connectivity index (χ2n) is 5.99. The van der Waals surface area contributed by atoms with Crippen molar-refractivity contribution in [1.82, 2.24) is 15.5 Å².